The monoisotopic (exact) mass is 230 g/mol. The van der Waals surface area contributed by atoms with Crippen LogP contribution in [-0.2, 0) is 0 Å². The van der Waals surface area contributed by atoms with Crippen molar-refractivity contribution in [2.75, 3.05) is 0 Å². The topological polar surface area (TPSA) is 33.4 Å². The van der Waals surface area contributed by atoms with Crippen LogP contribution in [0.4, 0.5) is 0 Å². The standard InChI is InChI=1S/C15H18O2/c1-9-7-10(2)14(11(3)8-9)15(16)13-5-6-17-12(13)4/h5-8,15-16H,1-4H3. The second-order valence-electron chi connectivity index (χ2n) is 4.65. The van der Waals surface area contributed by atoms with E-state index in [4.69, 9.17) is 4.42 Å². The zero-order valence-corrected chi connectivity index (χ0v) is 10.7. The molecule has 0 saturated carbocycles. The van der Waals surface area contributed by atoms with Gasteiger partial charge in [0.2, 0.25) is 0 Å². The van der Waals surface area contributed by atoms with Crippen molar-refractivity contribution in [3.63, 3.8) is 0 Å². The molecule has 1 N–H and O–H groups in total. The van der Waals surface area contributed by atoms with Crippen molar-refractivity contribution in [1.82, 2.24) is 0 Å². The van der Waals surface area contributed by atoms with Gasteiger partial charge < -0.3 is 9.52 Å². The molecule has 1 unspecified atom stereocenters. The Bertz CT molecular complexity index is 515. The molecule has 0 radical (unpaired) electrons. The molecule has 0 saturated heterocycles. The van der Waals surface area contributed by atoms with Gasteiger partial charge in [-0.15, -0.1) is 0 Å². The number of furan rings is 1. The fourth-order valence-corrected chi connectivity index (χ4v) is 2.46. The summed E-state index contributed by atoms with van der Waals surface area (Å²) in [4.78, 5) is 0. The van der Waals surface area contributed by atoms with E-state index in [1.54, 1.807) is 6.26 Å². The Morgan fingerprint density at radius 3 is 2.12 bits per heavy atom. The zero-order chi connectivity index (χ0) is 12.6. The summed E-state index contributed by atoms with van der Waals surface area (Å²) in [5.74, 6) is 0.775. The van der Waals surface area contributed by atoms with Crippen LogP contribution in [0.25, 0.3) is 0 Å². The highest BCUT2D eigenvalue weighted by molar-refractivity contribution is 5.43. The minimum atomic E-state index is -0.602. The lowest BCUT2D eigenvalue weighted by Crippen LogP contribution is -2.05. The molecule has 1 aromatic heterocycles. The van der Waals surface area contributed by atoms with E-state index in [2.05, 4.69) is 19.1 Å². The van der Waals surface area contributed by atoms with Gasteiger partial charge in [0, 0.05) is 5.56 Å². The lowest BCUT2D eigenvalue weighted by molar-refractivity contribution is 0.216. The smallest absolute Gasteiger partial charge is 0.108 e. The Labute approximate surface area is 102 Å². The van der Waals surface area contributed by atoms with Gasteiger partial charge in [-0.3, -0.25) is 0 Å². The fraction of sp³-hybridized carbons (Fsp3) is 0.333. The number of benzene rings is 1. The maximum Gasteiger partial charge on any atom is 0.108 e. The van der Waals surface area contributed by atoms with E-state index in [0.29, 0.717) is 0 Å². The third-order valence-corrected chi connectivity index (χ3v) is 3.21. The maximum absolute atomic E-state index is 10.5. The average molecular weight is 230 g/mol. The van der Waals surface area contributed by atoms with Gasteiger partial charge in [-0.25, -0.2) is 0 Å². The molecule has 90 valence electrons. The van der Waals surface area contributed by atoms with Gasteiger partial charge >= 0.3 is 0 Å². The van der Waals surface area contributed by atoms with Crippen molar-refractivity contribution in [1.29, 1.82) is 0 Å². The summed E-state index contributed by atoms with van der Waals surface area (Å²) < 4.78 is 5.25. The Hall–Kier alpha value is -1.54. The van der Waals surface area contributed by atoms with Gasteiger partial charge in [0.15, 0.2) is 0 Å². The van der Waals surface area contributed by atoms with Crippen molar-refractivity contribution >= 4 is 0 Å². The molecular weight excluding hydrogens is 212 g/mol. The van der Waals surface area contributed by atoms with Crippen LogP contribution in [0.1, 0.15) is 39.7 Å². The summed E-state index contributed by atoms with van der Waals surface area (Å²) in [6, 6.07) is 6.03. The SMILES string of the molecule is Cc1cc(C)c(C(O)c2ccoc2C)c(C)c1. The number of hydrogen-bond acceptors (Lipinski definition) is 2. The van der Waals surface area contributed by atoms with Crippen molar-refractivity contribution in [3.05, 3.63) is 58.0 Å². The molecular formula is C15H18O2. The third-order valence-electron chi connectivity index (χ3n) is 3.21. The molecule has 0 spiro atoms. The Morgan fingerprint density at radius 2 is 1.65 bits per heavy atom. The van der Waals surface area contributed by atoms with E-state index in [1.165, 1.54) is 5.56 Å². The predicted octanol–water partition coefficient (Wildman–Crippen LogP) is 3.59. The Morgan fingerprint density at radius 1 is 1.06 bits per heavy atom. The van der Waals surface area contributed by atoms with Crippen LogP contribution < -0.4 is 0 Å². The molecule has 2 nitrogen and oxygen atoms in total. The number of aliphatic hydroxyl groups is 1. The van der Waals surface area contributed by atoms with Gasteiger partial charge in [-0.05, 0) is 50.5 Å². The maximum atomic E-state index is 10.5. The summed E-state index contributed by atoms with van der Waals surface area (Å²) in [7, 11) is 0. The summed E-state index contributed by atoms with van der Waals surface area (Å²) in [5.41, 5.74) is 5.30. The Kier molecular flexibility index (Phi) is 3.07. The first-order valence-corrected chi connectivity index (χ1v) is 5.80. The highest BCUT2D eigenvalue weighted by Crippen LogP contribution is 2.30. The molecule has 2 heteroatoms. The van der Waals surface area contributed by atoms with Gasteiger partial charge in [-0.2, -0.15) is 0 Å². The van der Waals surface area contributed by atoms with Crippen molar-refractivity contribution in [2.45, 2.75) is 33.8 Å². The summed E-state index contributed by atoms with van der Waals surface area (Å²) in [6.07, 6.45) is 1.02. The van der Waals surface area contributed by atoms with Gasteiger partial charge in [-0.1, -0.05) is 17.7 Å². The van der Waals surface area contributed by atoms with E-state index >= 15 is 0 Å². The highest BCUT2D eigenvalue weighted by Gasteiger charge is 2.18. The first kappa shape index (κ1) is 11.9. The van der Waals surface area contributed by atoms with Gasteiger partial charge in [0.25, 0.3) is 0 Å². The van der Waals surface area contributed by atoms with Crippen LogP contribution >= 0.6 is 0 Å². The molecule has 0 aliphatic carbocycles. The minimum Gasteiger partial charge on any atom is -0.469 e. The first-order valence-electron chi connectivity index (χ1n) is 5.80. The van der Waals surface area contributed by atoms with Crippen molar-refractivity contribution in [2.24, 2.45) is 0 Å². The van der Waals surface area contributed by atoms with Crippen LogP contribution in [-0.4, -0.2) is 5.11 Å². The number of rotatable bonds is 2. The second-order valence-corrected chi connectivity index (χ2v) is 4.65. The van der Waals surface area contributed by atoms with E-state index in [-0.39, 0.29) is 0 Å². The van der Waals surface area contributed by atoms with E-state index in [0.717, 1.165) is 28.0 Å². The number of aryl methyl sites for hydroxylation is 4. The molecule has 1 atom stereocenters. The van der Waals surface area contributed by atoms with Crippen LogP contribution in [0, 0.1) is 27.7 Å². The first-order chi connectivity index (χ1) is 8.00. The molecule has 2 rings (SSSR count). The largest absolute Gasteiger partial charge is 0.469 e. The van der Waals surface area contributed by atoms with E-state index in [1.807, 2.05) is 26.8 Å². The van der Waals surface area contributed by atoms with E-state index < -0.39 is 6.10 Å². The lowest BCUT2D eigenvalue weighted by atomic mass is 9.92. The molecule has 17 heavy (non-hydrogen) atoms. The normalized spacial score (nSPS) is 12.8. The molecule has 0 amide bonds. The molecule has 0 aliphatic heterocycles. The third kappa shape index (κ3) is 2.13. The summed E-state index contributed by atoms with van der Waals surface area (Å²) in [6.45, 7) is 8.01. The van der Waals surface area contributed by atoms with Gasteiger partial charge in [0.05, 0.1) is 6.26 Å². The van der Waals surface area contributed by atoms with Crippen molar-refractivity contribution in [3.8, 4) is 0 Å². The van der Waals surface area contributed by atoms with Gasteiger partial charge in [0.1, 0.15) is 11.9 Å². The van der Waals surface area contributed by atoms with Crippen molar-refractivity contribution < 1.29 is 9.52 Å². The minimum absolute atomic E-state index is 0.602. The zero-order valence-electron chi connectivity index (χ0n) is 10.7. The highest BCUT2D eigenvalue weighted by atomic mass is 16.3. The number of hydrogen-bond donors (Lipinski definition) is 1. The summed E-state index contributed by atoms with van der Waals surface area (Å²) in [5, 5.41) is 10.5. The summed E-state index contributed by atoms with van der Waals surface area (Å²) >= 11 is 0. The number of aliphatic hydroxyl groups excluding tert-OH is 1. The van der Waals surface area contributed by atoms with Crippen LogP contribution in [0.2, 0.25) is 0 Å². The molecule has 1 aromatic carbocycles. The fourth-order valence-electron chi connectivity index (χ4n) is 2.46. The predicted molar refractivity (Wildman–Crippen MR) is 68.2 cm³/mol. The molecule has 0 fully saturated rings. The molecule has 0 aliphatic rings. The second kappa shape index (κ2) is 4.38. The molecule has 1 heterocycles. The average Bonchev–Trinajstić information content (AvgIpc) is 2.62. The van der Waals surface area contributed by atoms with Crippen LogP contribution in [0.15, 0.2) is 28.9 Å². The van der Waals surface area contributed by atoms with E-state index in [9.17, 15) is 5.11 Å². The molecule has 2 aromatic rings. The quantitative estimate of drug-likeness (QED) is 0.855. The Balaban J connectivity index is 2.51. The van der Waals surface area contributed by atoms with Crippen LogP contribution in [0.5, 0.6) is 0 Å². The van der Waals surface area contributed by atoms with Crippen LogP contribution in [0.3, 0.4) is 0 Å². The molecule has 0 bridgehead atoms. The lowest BCUT2D eigenvalue weighted by Gasteiger charge is -2.17.